The molecule has 23 heavy (non-hydrogen) atoms. The zero-order chi connectivity index (χ0) is 16.1. The molecule has 1 aromatic heterocycles. The standard InChI is InChI=1S/C17H14N6/c1-12-6-8-14(9-7-12)20-16-11-19-23-17(22-16)21-15-5-3-2-4-13(15)10-18/h2-9,11H,1H3,(H2,20,21,22,23). The average molecular weight is 302 g/mol. The van der Waals surface area contributed by atoms with Crippen LogP contribution in [0.1, 0.15) is 11.1 Å². The molecule has 0 amide bonds. The molecule has 0 unspecified atom stereocenters. The van der Waals surface area contributed by atoms with Gasteiger partial charge in [-0.05, 0) is 31.2 Å². The molecule has 0 saturated heterocycles. The predicted octanol–water partition coefficient (Wildman–Crippen LogP) is 3.54. The van der Waals surface area contributed by atoms with E-state index in [2.05, 4.69) is 31.9 Å². The van der Waals surface area contributed by atoms with E-state index in [-0.39, 0.29) is 0 Å². The van der Waals surface area contributed by atoms with Crippen LogP contribution in [0, 0.1) is 18.3 Å². The van der Waals surface area contributed by atoms with Gasteiger partial charge in [-0.25, -0.2) is 0 Å². The molecular weight excluding hydrogens is 288 g/mol. The van der Waals surface area contributed by atoms with Gasteiger partial charge in [0.1, 0.15) is 6.07 Å². The van der Waals surface area contributed by atoms with Crippen LogP contribution in [0.2, 0.25) is 0 Å². The quantitative estimate of drug-likeness (QED) is 0.766. The number of benzene rings is 2. The molecule has 0 aliphatic rings. The van der Waals surface area contributed by atoms with Crippen LogP contribution in [0.15, 0.2) is 54.7 Å². The highest BCUT2D eigenvalue weighted by Gasteiger charge is 2.05. The number of aromatic nitrogens is 3. The summed E-state index contributed by atoms with van der Waals surface area (Å²) in [5, 5.41) is 23.2. The van der Waals surface area contributed by atoms with Crippen molar-refractivity contribution >= 4 is 23.1 Å². The molecule has 0 saturated carbocycles. The maximum Gasteiger partial charge on any atom is 0.249 e. The second-order valence-electron chi connectivity index (χ2n) is 4.94. The molecule has 112 valence electrons. The SMILES string of the molecule is Cc1ccc(Nc2cnnc(Nc3ccccc3C#N)n2)cc1. The van der Waals surface area contributed by atoms with Crippen molar-refractivity contribution < 1.29 is 0 Å². The lowest BCUT2D eigenvalue weighted by atomic mass is 10.2. The first-order valence-corrected chi connectivity index (χ1v) is 7.04. The van der Waals surface area contributed by atoms with Crippen molar-refractivity contribution in [2.24, 2.45) is 0 Å². The molecule has 2 N–H and O–H groups in total. The zero-order valence-corrected chi connectivity index (χ0v) is 12.5. The highest BCUT2D eigenvalue weighted by molar-refractivity contribution is 5.64. The van der Waals surface area contributed by atoms with Crippen molar-refractivity contribution in [1.29, 1.82) is 5.26 Å². The number of rotatable bonds is 4. The topological polar surface area (TPSA) is 86.5 Å². The smallest absolute Gasteiger partial charge is 0.249 e. The van der Waals surface area contributed by atoms with Gasteiger partial charge in [-0.3, -0.25) is 0 Å². The summed E-state index contributed by atoms with van der Waals surface area (Å²) in [4.78, 5) is 4.36. The second-order valence-corrected chi connectivity index (χ2v) is 4.94. The van der Waals surface area contributed by atoms with Crippen LogP contribution in [0.3, 0.4) is 0 Å². The van der Waals surface area contributed by atoms with Gasteiger partial charge in [0.05, 0.1) is 17.4 Å². The fraction of sp³-hybridized carbons (Fsp3) is 0.0588. The van der Waals surface area contributed by atoms with E-state index < -0.39 is 0 Å². The molecule has 0 bridgehead atoms. The van der Waals surface area contributed by atoms with Gasteiger partial charge in [-0.2, -0.15) is 15.3 Å². The van der Waals surface area contributed by atoms with E-state index in [0.717, 1.165) is 5.69 Å². The summed E-state index contributed by atoms with van der Waals surface area (Å²) in [7, 11) is 0. The van der Waals surface area contributed by atoms with Crippen LogP contribution in [0.4, 0.5) is 23.1 Å². The number of anilines is 4. The van der Waals surface area contributed by atoms with Gasteiger partial charge in [0, 0.05) is 5.69 Å². The van der Waals surface area contributed by atoms with Crippen LogP contribution in [0.5, 0.6) is 0 Å². The molecule has 3 aromatic rings. The largest absolute Gasteiger partial charge is 0.339 e. The third kappa shape index (κ3) is 3.60. The summed E-state index contributed by atoms with van der Waals surface area (Å²) in [6.07, 6.45) is 1.54. The van der Waals surface area contributed by atoms with Crippen molar-refractivity contribution in [3.05, 3.63) is 65.9 Å². The van der Waals surface area contributed by atoms with Crippen molar-refractivity contribution in [2.75, 3.05) is 10.6 Å². The molecular formula is C17H14N6. The summed E-state index contributed by atoms with van der Waals surface area (Å²) in [5.41, 5.74) is 3.27. The Balaban J connectivity index is 1.80. The molecule has 1 heterocycles. The molecule has 6 heteroatoms. The highest BCUT2D eigenvalue weighted by Crippen LogP contribution is 2.19. The summed E-state index contributed by atoms with van der Waals surface area (Å²) in [6, 6.07) is 17.2. The molecule has 0 radical (unpaired) electrons. The zero-order valence-electron chi connectivity index (χ0n) is 12.5. The molecule has 0 fully saturated rings. The molecule has 0 spiro atoms. The van der Waals surface area contributed by atoms with Crippen LogP contribution in [-0.4, -0.2) is 15.2 Å². The Hall–Kier alpha value is -3.46. The first-order chi connectivity index (χ1) is 11.2. The monoisotopic (exact) mass is 302 g/mol. The van der Waals surface area contributed by atoms with Crippen LogP contribution >= 0.6 is 0 Å². The van der Waals surface area contributed by atoms with E-state index in [1.807, 2.05) is 37.3 Å². The third-order valence-corrected chi connectivity index (χ3v) is 3.18. The molecule has 0 atom stereocenters. The van der Waals surface area contributed by atoms with E-state index in [0.29, 0.717) is 23.0 Å². The first kappa shape index (κ1) is 14.5. The van der Waals surface area contributed by atoms with E-state index in [4.69, 9.17) is 5.26 Å². The summed E-state index contributed by atoms with van der Waals surface area (Å²) in [5.74, 6) is 0.894. The van der Waals surface area contributed by atoms with Gasteiger partial charge >= 0.3 is 0 Å². The number of para-hydroxylation sites is 1. The second kappa shape index (κ2) is 6.54. The Morgan fingerprint density at radius 2 is 1.78 bits per heavy atom. The number of aryl methyl sites for hydroxylation is 1. The summed E-state index contributed by atoms with van der Waals surface area (Å²) < 4.78 is 0. The lowest BCUT2D eigenvalue weighted by Gasteiger charge is -2.08. The summed E-state index contributed by atoms with van der Waals surface area (Å²) in [6.45, 7) is 2.03. The molecule has 6 nitrogen and oxygen atoms in total. The minimum absolute atomic E-state index is 0.324. The van der Waals surface area contributed by atoms with E-state index in [9.17, 15) is 0 Å². The number of nitrogens with zero attached hydrogens (tertiary/aromatic N) is 4. The van der Waals surface area contributed by atoms with Crippen molar-refractivity contribution in [3.8, 4) is 6.07 Å². The maximum atomic E-state index is 9.11. The van der Waals surface area contributed by atoms with E-state index in [1.54, 1.807) is 24.4 Å². The van der Waals surface area contributed by atoms with Crippen molar-refractivity contribution in [3.63, 3.8) is 0 Å². The third-order valence-electron chi connectivity index (χ3n) is 3.18. The Bertz CT molecular complexity index is 851. The van der Waals surface area contributed by atoms with Crippen molar-refractivity contribution in [1.82, 2.24) is 15.2 Å². The lowest BCUT2D eigenvalue weighted by Crippen LogP contribution is -2.03. The molecule has 2 aromatic carbocycles. The summed E-state index contributed by atoms with van der Waals surface area (Å²) >= 11 is 0. The van der Waals surface area contributed by atoms with Crippen molar-refractivity contribution in [2.45, 2.75) is 6.92 Å². The number of hydrogen-bond acceptors (Lipinski definition) is 6. The van der Waals surface area contributed by atoms with Gasteiger partial charge in [0.2, 0.25) is 5.95 Å². The van der Waals surface area contributed by atoms with E-state index in [1.165, 1.54) is 5.56 Å². The van der Waals surface area contributed by atoms with E-state index >= 15 is 0 Å². The molecule has 0 aliphatic carbocycles. The Morgan fingerprint density at radius 3 is 2.57 bits per heavy atom. The minimum Gasteiger partial charge on any atom is -0.339 e. The number of hydrogen-bond donors (Lipinski definition) is 2. The highest BCUT2D eigenvalue weighted by atomic mass is 15.3. The fourth-order valence-electron chi connectivity index (χ4n) is 2.01. The van der Waals surface area contributed by atoms with Crippen LogP contribution < -0.4 is 10.6 Å². The van der Waals surface area contributed by atoms with Gasteiger partial charge in [-0.15, -0.1) is 5.10 Å². The van der Waals surface area contributed by atoms with Gasteiger partial charge in [0.25, 0.3) is 0 Å². The molecule has 0 aliphatic heterocycles. The Labute approximate surface area is 133 Å². The van der Waals surface area contributed by atoms with Gasteiger partial charge in [-0.1, -0.05) is 29.8 Å². The normalized spacial score (nSPS) is 9.91. The van der Waals surface area contributed by atoms with Gasteiger partial charge in [0.15, 0.2) is 5.82 Å². The molecule has 3 rings (SSSR count). The Kier molecular flexibility index (Phi) is 4.11. The fourth-order valence-corrected chi connectivity index (χ4v) is 2.01. The maximum absolute atomic E-state index is 9.11. The minimum atomic E-state index is 0.324. The Morgan fingerprint density at radius 1 is 1.00 bits per heavy atom. The predicted molar refractivity (Wildman–Crippen MR) is 88.7 cm³/mol. The van der Waals surface area contributed by atoms with Crippen LogP contribution in [0.25, 0.3) is 0 Å². The average Bonchev–Trinajstić information content (AvgIpc) is 2.58. The lowest BCUT2D eigenvalue weighted by molar-refractivity contribution is 0.982. The van der Waals surface area contributed by atoms with Gasteiger partial charge < -0.3 is 10.6 Å². The number of nitrogens with one attached hydrogen (secondary N) is 2. The van der Waals surface area contributed by atoms with Crippen LogP contribution in [-0.2, 0) is 0 Å². The number of nitriles is 1. The first-order valence-electron chi connectivity index (χ1n) is 7.04.